The lowest BCUT2D eigenvalue weighted by Gasteiger charge is -2.26. The SMILES string of the molecule is CCN(CCNC(=O)c1ccc(S(=O)(=O)N2CCNC(=O)C2)cc1)c1ccccc1C. The van der Waals surface area contributed by atoms with Gasteiger partial charge < -0.3 is 15.5 Å². The maximum atomic E-state index is 12.7. The molecular weight excluding hydrogens is 416 g/mol. The lowest BCUT2D eigenvalue weighted by Crippen LogP contribution is -2.49. The van der Waals surface area contributed by atoms with Crippen molar-refractivity contribution in [1.82, 2.24) is 14.9 Å². The molecule has 0 atom stereocenters. The van der Waals surface area contributed by atoms with E-state index in [0.29, 0.717) is 18.7 Å². The zero-order chi connectivity index (χ0) is 22.4. The Balaban J connectivity index is 1.59. The van der Waals surface area contributed by atoms with Gasteiger partial charge in [-0.1, -0.05) is 18.2 Å². The topological polar surface area (TPSA) is 98.8 Å². The second-order valence-corrected chi connectivity index (χ2v) is 9.27. The van der Waals surface area contributed by atoms with Crippen LogP contribution in [-0.4, -0.2) is 63.8 Å². The monoisotopic (exact) mass is 444 g/mol. The number of para-hydroxylation sites is 1. The Bertz CT molecular complexity index is 1040. The fourth-order valence-corrected chi connectivity index (χ4v) is 4.92. The van der Waals surface area contributed by atoms with E-state index in [1.165, 1.54) is 29.8 Å². The number of nitrogens with one attached hydrogen (secondary N) is 2. The molecule has 0 radical (unpaired) electrons. The van der Waals surface area contributed by atoms with Crippen LogP contribution in [0.5, 0.6) is 0 Å². The molecule has 9 heteroatoms. The summed E-state index contributed by atoms with van der Waals surface area (Å²) < 4.78 is 26.5. The van der Waals surface area contributed by atoms with E-state index in [9.17, 15) is 18.0 Å². The van der Waals surface area contributed by atoms with E-state index in [1.807, 2.05) is 12.1 Å². The molecule has 0 saturated carbocycles. The predicted molar refractivity (Wildman–Crippen MR) is 120 cm³/mol. The summed E-state index contributed by atoms with van der Waals surface area (Å²) in [6.45, 7) is 6.39. The van der Waals surface area contributed by atoms with Gasteiger partial charge in [-0.2, -0.15) is 4.31 Å². The summed E-state index contributed by atoms with van der Waals surface area (Å²) in [6, 6.07) is 13.9. The molecule has 2 aromatic rings. The first-order chi connectivity index (χ1) is 14.8. The Hall–Kier alpha value is -2.91. The number of hydrogen-bond acceptors (Lipinski definition) is 5. The number of anilines is 1. The van der Waals surface area contributed by atoms with Gasteiger partial charge in [0, 0.05) is 44.0 Å². The third-order valence-electron chi connectivity index (χ3n) is 5.26. The minimum atomic E-state index is -3.77. The van der Waals surface area contributed by atoms with Gasteiger partial charge in [-0.3, -0.25) is 9.59 Å². The van der Waals surface area contributed by atoms with Crippen molar-refractivity contribution >= 4 is 27.5 Å². The standard InChI is InChI=1S/C22H28N4O4S/c1-3-25(20-7-5-4-6-17(20)2)14-12-24-22(28)18-8-10-19(11-9-18)31(29,30)26-15-13-23-21(27)16-26/h4-11H,3,12-16H2,1-2H3,(H,23,27)(H,24,28). The number of carbonyl (C=O) groups is 2. The Labute approximate surface area is 183 Å². The number of hydrogen-bond donors (Lipinski definition) is 2. The molecule has 2 N–H and O–H groups in total. The van der Waals surface area contributed by atoms with Crippen molar-refractivity contribution < 1.29 is 18.0 Å². The Morgan fingerprint density at radius 3 is 2.52 bits per heavy atom. The van der Waals surface area contributed by atoms with Crippen LogP contribution in [0.15, 0.2) is 53.4 Å². The highest BCUT2D eigenvalue weighted by atomic mass is 32.2. The van der Waals surface area contributed by atoms with E-state index in [1.54, 1.807) is 0 Å². The largest absolute Gasteiger partial charge is 0.370 e. The molecule has 0 spiro atoms. The normalized spacial score (nSPS) is 14.7. The molecule has 1 fully saturated rings. The van der Waals surface area contributed by atoms with E-state index < -0.39 is 10.0 Å². The Morgan fingerprint density at radius 1 is 1.16 bits per heavy atom. The number of carbonyl (C=O) groups excluding carboxylic acids is 2. The zero-order valence-electron chi connectivity index (χ0n) is 17.8. The minimum absolute atomic E-state index is 0.0652. The van der Waals surface area contributed by atoms with Crippen LogP contribution in [0.4, 0.5) is 5.69 Å². The molecule has 1 aliphatic rings. The molecule has 1 heterocycles. The Kier molecular flexibility index (Phi) is 7.29. The van der Waals surface area contributed by atoms with Gasteiger partial charge in [0.25, 0.3) is 5.91 Å². The van der Waals surface area contributed by atoms with Crippen molar-refractivity contribution in [3.63, 3.8) is 0 Å². The van der Waals surface area contributed by atoms with E-state index in [2.05, 4.69) is 41.5 Å². The van der Waals surface area contributed by atoms with Crippen molar-refractivity contribution in [2.45, 2.75) is 18.7 Å². The van der Waals surface area contributed by atoms with Gasteiger partial charge in [0.15, 0.2) is 0 Å². The maximum absolute atomic E-state index is 12.7. The van der Waals surface area contributed by atoms with E-state index in [0.717, 1.165) is 16.5 Å². The summed E-state index contributed by atoms with van der Waals surface area (Å²) in [5.41, 5.74) is 2.70. The van der Waals surface area contributed by atoms with Gasteiger partial charge in [0.05, 0.1) is 11.4 Å². The first kappa shape index (κ1) is 22.8. The first-order valence-electron chi connectivity index (χ1n) is 10.3. The quantitative estimate of drug-likeness (QED) is 0.641. The van der Waals surface area contributed by atoms with Crippen LogP contribution in [0.2, 0.25) is 0 Å². The van der Waals surface area contributed by atoms with Crippen LogP contribution in [0.3, 0.4) is 0 Å². The van der Waals surface area contributed by atoms with Crippen molar-refractivity contribution in [1.29, 1.82) is 0 Å². The fraction of sp³-hybridized carbons (Fsp3) is 0.364. The molecule has 8 nitrogen and oxygen atoms in total. The molecule has 0 unspecified atom stereocenters. The average molecular weight is 445 g/mol. The molecule has 0 aromatic heterocycles. The molecular formula is C22H28N4O4S. The van der Waals surface area contributed by atoms with Gasteiger partial charge in [0.2, 0.25) is 15.9 Å². The van der Waals surface area contributed by atoms with E-state index >= 15 is 0 Å². The number of rotatable bonds is 8. The van der Waals surface area contributed by atoms with E-state index in [4.69, 9.17) is 0 Å². The van der Waals surface area contributed by atoms with Crippen LogP contribution in [0, 0.1) is 6.92 Å². The highest BCUT2D eigenvalue weighted by Crippen LogP contribution is 2.19. The van der Waals surface area contributed by atoms with Crippen LogP contribution in [0.1, 0.15) is 22.8 Å². The number of likely N-dealkylation sites (N-methyl/N-ethyl adjacent to an activating group) is 1. The van der Waals surface area contributed by atoms with Crippen LogP contribution >= 0.6 is 0 Å². The highest BCUT2D eigenvalue weighted by molar-refractivity contribution is 7.89. The molecule has 0 bridgehead atoms. The summed E-state index contributed by atoms with van der Waals surface area (Å²) in [4.78, 5) is 26.2. The molecule has 31 heavy (non-hydrogen) atoms. The number of nitrogens with zero attached hydrogens (tertiary/aromatic N) is 2. The number of piperazine rings is 1. The number of aryl methyl sites for hydroxylation is 1. The Morgan fingerprint density at radius 2 is 1.87 bits per heavy atom. The summed E-state index contributed by atoms with van der Waals surface area (Å²) in [5.74, 6) is -0.584. The third-order valence-corrected chi connectivity index (χ3v) is 7.12. The number of sulfonamides is 1. The summed E-state index contributed by atoms with van der Waals surface area (Å²) >= 11 is 0. The summed E-state index contributed by atoms with van der Waals surface area (Å²) in [7, 11) is -3.77. The second kappa shape index (κ2) is 9.93. The molecule has 3 rings (SSSR count). The van der Waals surface area contributed by atoms with Crippen molar-refractivity contribution in [3.8, 4) is 0 Å². The molecule has 166 valence electrons. The smallest absolute Gasteiger partial charge is 0.251 e. The number of amides is 2. The van der Waals surface area contributed by atoms with Crippen molar-refractivity contribution in [2.75, 3.05) is 44.2 Å². The fourth-order valence-electron chi connectivity index (χ4n) is 3.52. The summed E-state index contributed by atoms with van der Waals surface area (Å²) in [6.07, 6.45) is 0. The average Bonchev–Trinajstić information content (AvgIpc) is 2.77. The lowest BCUT2D eigenvalue weighted by atomic mass is 10.2. The molecule has 2 amide bonds. The van der Waals surface area contributed by atoms with Crippen LogP contribution < -0.4 is 15.5 Å². The predicted octanol–water partition coefficient (Wildman–Crippen LogP) is 1.37. The van der Waals surface area contributed by atoms with E-state index in [-0.39, 0.29) is 36.3 Å². The first-order valence-corrected chi connectivity index (χ1v) is 11.7. The van der Waals surface area contributed by atoms with Crippen LogP contribution in [0.25, 0.3) is 0 Å². The zero-order valence-corrected chi connectivity index (χ0v) is 18.6. The van der Waals surface area contributed by atoms with Crippen LogP contribution in [-0.2, 0) is 14.8 Å². The van der Waals surface area contributed by atoms with Crippen molar-refractivity contribution in [3.05, 3.63) is 59.7 Å². The second-order valence-electron chi connectivity index (χ2n) is 7.33. The van der Waals surface area contributed by atoms with Crippen molar-refractivity contribution in [2.24, 2.45) is 0 Å². The summed E-state index contributed by atoms with van der Waals surface area (Å²) in [5, 5.41) is 5.49. The molecule has 1 saturated heterocycles. The van der Waals surface area contributed by atoms with Gasteiger partial charge in [-0.05, 0) is 49.7 Å². The minimum Gasteiger partial charge on any atom is -0.370 e. The third kappa shape index (κ3) is 5.42. The highest BCUT2D eigenvalue weighted by Gasteiger charge is 2.29. The van der Waals surface area contributed by atoms with Gasteiger partial charge in [0.1, 0.15) is 0 Å². The number of benzene rings is 2. The van der Waals surface area contributed by atoms with Gasteiger partial charge >= 0.3 is 0 Å². The lowest BCUT2D eigenvalue weighted by molar-refractivity contribution is -0.122. The molecule has 1 aliphatic heterocycles. The molecule has 2 aromatic carbocycles. The maximum Gasteiger partial charge on any atom is 0.251 e. The van der Waals surface area contributed by atoms with Gasteiger partial charge in [-0.15, -0.1) is 0 Å². The van der Waals surface area contributed by atoms with Gasteiger partial charge in [-0.25, -0.2) is 8.42 Å². The molecule has 0 aliphatic carbocycles.